The highest BCUT2D eigenvalue weighted by molar-refractivity contribution is 6.19. The molecule has 2 aliphatic rings. The number of benzene rings is 3. The molecule has 0 unspecified atom stereocenters. The molecule has 0 radical (unpaired) electrons. The minimum absolute atomic E-state index is 0.0813. The van der Waals surface area contributed by atoms with E-state index in [0.717, 1.165) is 29.5 Å². The van der Waals surface area contributed by atoms with Gasteiger partial charge >= 0.3 is 0 Å². The summed E-state index contributed by atoms with van der Waals surface area (Å²) in [5.41, 5.74) is 9.47. The van der Waals surface area contributed by atoms with Crippen LogP contribution in [0.15, 0.2) is 48.5 Å². The largest absolute Gasteiger partial charge is 0.354 e. The normalized spacial score (nSPS) is 15.1. The van der Waals surface area contributed by atoms with Gasteiger partial charge in [0.1, 0.15) is 0 Å². The Morgan fingerprint density at radius 3 is 2.64 bits per heavy atom. The van der Waals surface area contributed by atoms with Gasteiger partial charge in [0.05, 0.1) is 5.52 Å². The number of para-hydroxylation sites is 1. The topological polar surface area (TPSA) is 44.9 Å². The van der Waals surface area contributed by atoms with Crippen LogP contribution in [0.1, 0.15) is 27.0 Å². The molecule has 3 heteroatoms. The zero-order valence-corrected chi connectivity index (χ0v) is 13.6. The maximum atomic E-state index is 12.6. The Kier molecular flexibility index (Phi) is 2.39. The minimum Gasteiger partial charge on any atom is -0.354 e. The molecule has 0 saturated heterocycles. The van der Waals surface area contributed by atoms with Crippen molar-refractivity contribution in [3.8, 4) is 11.1 Å². The van der Waals surface area contributed by atoms with Crippen molar-refractivity contribution in [3.63, 3.8) is 0 Å². The molecule has 6 rings (SSSR count). The molecule has 4 aromatic rings. The van der Waals surface area contributed by atoms with Crippen molar-refractivity contribution in [2.75, 3.05) is 0 Å². The SMILES string of the molecule is O=C1NCc2c1c1c(c3[nH]c4ccccc4c23)-c2ccccc2CC1. The summed E-state index contributed by atoms with van der Waals surface area (Å²) >= 11 is 0. The fourth-order valence-electron chi connectivity index (χ4n) is 4.72. The molecular weight excluding hydrogens is 308 g/mol. The molecule has 0 saturated carbocycles. The van der Waals surface area contributed by atoms with Gasteiger partial charge in [-0.15, -0.1) is 0 Å². The third-order valence-corrected chi connectivity index (χ3v) is 5.75. The summed E-state index contributed by atoms with van der Waals surface area (Å²) in [5.74, 6) is 0.0813. The molecule has 0 atom stereocenters. The number of fused-ring (bicyclic) bond motifs is 10. The second kappa shape index (κ2) is 4.51. The number of hydrogen-bond acceptors (Lipinski definition) is 1. The standard InChI is InChI=1S/C22H16N2O/c25-22-20-15-10-9-12-5-1-2-6-13(12)18(15)21-19(16(20)11-23-22)14-7-3-4-8-17(14)24-21/h1-8,24H,9-11H2,(H,23,25). The summed E-state index contributed by atoms with van der Waals surface area (Å²) in [4.78, 5) is 16.3. The van der Waals surface area contributed by atoms with E-state index in [-0.39, 0.29) is 5.91 Å². The van der Waals surface area contributed by atoms with Crippen molar-refractivity contribution < 1.29 is 4.79 Å². The fraction of sp³-hybridized carbons (Fsp3) is 0.136. The van der Waals surface area contributed by atoms with Crippen molar-refractivity contribution in [3.05, 3.63) is 70.8 Å². The molecule has 1 aliphatic heterocycles. The number of hydrogen-bond donors (Lipinski definition) is 2. The molecule has 0 spiro atoms. The third-order valence-electron chi connectivity index (χ3n) is 5.75. The highest BCUT2D eigenvalue weighted by Crippen LogP contribution is 2.45. The van der Waals surface area contributed by atoms with Crippen molar-refractivity contribution in [1.29, 1.82) is 0 Å². The van der Waals surface area contributed by atoms with E-state index in [2.05, 4.69) is 58.8 Å². The molecule has 2 N–H and O–H groups in total. The van der Waals surface area contributed by atoms with Crippen LogP contribution in [-0.2, 0) is 19.4 Å². The number of aryl methyl sites for hydroxylation is 1. The van der Waals surface area contributed by atoms with Crippen LogP contribution in [0, 0.1) is 0 Å². The first-order chi connectivity index (χ1) is 12.3. The monoisotopic (exact) mass is 324 g/mol. The number of carbonyl (C=O) groups is 1. The van der Waals surface area contributed by atoms with Gasteiger partial charge < -0.3 is 10.3 Å². The minimum atomic E-state index is 0.0813. The lowest BCUT2D eigenvalue weighted by molar-refractivity contribution is 0.0965. The van der Waals surface area contributed by atoms with Gasteiger partial charge in [-0.05, 0) is 41.2 Å². The van der Waals surface area contributed by atoms with Crippen LogP contribution in [0.25, 0.3) is 32.9 Å². The van der Waals surface area contributed by atoms with Crippen molar-refractivity contribution in [1.82, 2.24) is 10.3 Å². The Bertz CT molecular complexity index is 1220. The maximum Gasteiger partial charge on any atom is 0.252 e. The molecular formula is C22H16N2O. The second-order valence-electron chi connectivity index (χ2n) is 6.97. The van der Waals surface area contributed by atoms with Gasteiger partial charge in [0.25, 0.3) is 5.91 Å². The highest BCUT2D eigenvalue weighted by atomic mass is 16.1. The van der Waals surface area contributed by atoms with Crippen LogP contribution in [0.5, 0.6) is 0 Å². The number of aromatic amines is 1. The number of nitrogens with one attached hydrogen (secondary N) is 2. The van der Waals surface area contributed by atoms with Crippen LogP contribution < -0.4 is 5.32 Å². The van der Waals surface area contributed by atoms with Crippen molar-refractivity contribution in [2.45, 2.75) is 19.4 Å². The Balaban J connectivity index is 1.89. The Hall–Kier alpha value is -3.07. The molecule has 0 bridgehead atoms. The Morgan fingerprint density at radius 2 is 1.68 bits per heavy atom. The van der Waals surface area contributed by atoms with Gasteiger partial charge in [0, 0.05) is 34.0 Å². The third kappa shape index (κ3) is 1.58. The van der Waals surface area contributed by atoms with E-state index in [1.54, 1.807) is 0 Å². The molecule has 0 fully saturated rings. The first-order valence-electron chi connectivity index (χ1n) is 8.77. The van der Waals surface area contributed by atoms with Crippen LogP contribution in [0.4, 0.5) is 0 Å². The van der Waals surface area contributed by atoms with Crippen molar-refractivity contribution in [2.24, 2.45) is 0 Å². The molecule has 25 heavy (non-hydrogen) atoms. The molecule has 1 amide bonds. The summed E-state index contributed by atoms with van der Waals surface area (Å²) in [7, 11) is 0. The summed E-state index contributed by atoms with van der Waals surface area (Å²) in [6, 6.07) is 17.0. The predicted molar refractivity (Wildman–Crippen MR) is 99.8 cm³/mol. The number of rotatable bonds is 0. The van der Waals surface area contributed by atoms with Gasteiger partial charge in [-0.3, -0.25) is 4.79 Å². The molecule has 1 aliphatic carbocycles. The van der Waals surface area contributed by atoms with E-state index < -0.39 is 0 Å². The average molecular weight is 324 g/mol. The van der Waals surface area contributed by atoms with E-state index in [0.29, 0.717) is 6.54 Å². The van der Waals surface area contributed by atoms with Crippen LogP contribution in [-0.4, -0.2) is 10.9 Å². The number of carbonyl (C=O) groups excluding carboxylic acids is 1. The van der Waals surface area contributed by atoms with Crippen molar-refractivity contribution >= 4 is 27.7 Å². The summed E-state index contributed by atoms with van der Waals surface area (Å²) in [6.07, 6.45) is 1.92. The quantitative estimate of drug-likeness (QED) is 0.497. The molecule has 120 valence electrons. The lowest BCUT2D eigenvalue weighted by Gasteiger charge is -2.23. The van der Waals surface area contributed by atoms with Gasteiger partial charge in [0.2, 0.25) is 0 Å². The average Bonchev–Trinajstić information content (AvgIpc) is 3.22. The van der Waals surface area contributed by atoms with Gasteiger partial charge in [-0.1, -0.05) is 42.5 Å². The fourth-order valence-corrected chi connectivity index (χ4v) is 4.72. The van der Waals surface area contributed by atoms with E-state index in [4.69, 9.17) is 0 Å². The summed E-state index contributed by atoms with van der Waals surface area (Å²) in [6.45, 7) is 0.626. The summed E-state index contributed by atoms with van der Waals surface area (Å²) in [5, 5.41) is 5.47. The first kappa shape index (κ1) is 13.2. The van der Waals surface area contributed by atoms with Gasteiger partial charge in [0.15, 0.2) is 0 Å². The zero-order chi connectivity index (χ0) is 16.5. The molecule has 3 aromatic carbocycles. The Morgan fingerprint density at radius 1 is 0.840 bits per heavy atom. The summed E-state index contributed by atoms with van der Waals surface area (Å²) < 4.78 is 0. The lowest BCUT2D eigenvalue weighted by atomic mass is 9.80. The second-order valence-corrected chi connectivity index (χ2v) is 6.97. The number of H-pyrrole nitrogens is 1. The molecule has 1 aromatic heterocycles. The first-order valence-corrected chi connectivity index (χ1v) is 8.77. The molecule has 2 heterocycles. The molecule has 3 nitrogen and oxygen atoms in total. The van der Waals surface area contributed by atoms with Crippen LogP contribution in [0.2, 0.25) is 0 Å². The lowest BCUT2D eigenvalue weighted by Crippen LogP contribution is -2.15. The highest BCUT2D eigenvalue weighted by Gasteiger charge is 2.32. The zero-order valence-electron chi connectivity index (χ0n) is 13.6. The smallest absolute Gasteiger partial charge is 0.252 e. The van der Waals surface area contributed by atoms with Gasteiger partial charge in [-0.2, -0.15) is 0 Å². The predicted octanol–water partition coefficient (Wildman–Crippen LogP) is 4.33. The van der Waals surface area contributed by atoms with E-state index in [1.165, 1.54) is 38.5 Å². The Labute approximate surface area is 144 Å². The maximum absolute atomic E-state index is 12.6. The van der Waals surface area contributed by atoms with Crippen LogP contribution in [0.3, 0.4) is 0 Å². The number of aromatic nitrogens is 1. The van der Waals surface area contributed by atoms with Crippen LogP contribution >= 0.6 is 0 Å². The van der Waals surface area contributed by atoms with E-state index in [9.17, 15) is 4.79 Å². The van der Waals surface area contributed by atoms with E-state index in [1.807, 2.05) is 0 Å². The van der Waals surface area contributed by atoms with E-state index >= 15 is 0 Å². The van der Waals surface area contributed by atoms with Gasteiger partial charge in [-0.25, -0.2) is 0 Å². The number of amides is 1.